The predicted octanol–water partition coefficient (Wildman–Crippen LogP) is 0.494. The molecule has 1 amide bonds. The van der Waals surface area contributed by atoms with Gasteiger partial charge in [-0.3, -0.25) is 15.1 Å². The number of hydrogen-bond donors (Lipinski definition) is 2. The molecule has 1 aliphatic heterocycles. The molecule has 0 radical (unpaired) electrons. The van der Waals surface area contributed by atoms with Crippen LogP contribution in [0, 0.1) is 0 Å². The second-order valence-electron chi connectivity index (χ2n) is 4.50. The van der Waals surface area contributed by atoms with Gasteiger partial charge in [-0.25, -0.2) is 5.84 Å². The zero-order chi connectivity index (χ0) is 13.0. The van der Waals surface area contributed by atoms with Crippen LogP contribution in [0.5, 0.6) is 0 Å². The molecule has 1 aromatic heterocycles. The third-order valence-electron chi connectivity index (χ3n) is 3.24. The zero-order valence-electron chi connectivity index (χ0n) is 10.5. The maximum Gasteiger partial charge on any atom is 0.300 e. The summed E-state index contributed by atoms with van der Waals surface area (Å²) in [5.41, 5.74) is 2.05. The van der Waals surface area contributed by atoms with Crippen molar-refractivity contribution in [3.63, 3.8) is 0 Å². The molecule has 0 unspecified atom stereocenters. The van der Waals surface area contributed by atoms with Crippen LogP contribution in [0.25, 0.3) is 0 Å². The first-order chi connectivity index (χ1) is 8.70. The minimum absolute atomic E-state index is 0.243. The molecule has 0 saturated carbocycles. The van der Waals surface area contributed by atoms with Gasteiger partial charge in [-0.15, -0.1) is 0 Å². The molecule has 1 aliphatic rings. The lowest BCUT2D eigenvalue weighted by molar-refractivity contribution is 0.0386. The predicted molar refractivity (Wildman–Crippen MR) is 65.7 cm³/mol. The normalized spacial score (nSPS) is 17.1. The summed E-state index contributed by atoms with van der Waals surface area (Å²) in [5, 5.41) is 0. The highest BCUT2D eigenvalue weighted by Crippen LogP contribution is 2.17. The summed E-state index contributed by atoms with van der Waals surface area (Å²) in [5.74, 6) is 5.65. The molecule has 0 atom stereocenters. The largest absolute Gasteiger partial charge is 0.455 e. The quantitative estimate of drug-likeness (QED) is 0.464. The Labute approximate surface area is 106 Å². The highest BCUT2D eigenvalue weighted by Gasteiger charge is 2.19. The summed E-state index contributed by atoms with van der Waals surface area (Å²) in [6.45, 7) is 2.31. The number of nitrogens with zero attached hydrogens (tertiary/aromatic N) is 1. The lowest BCUT2D eigenvalue weighted by Crippen LogP contribution is -2.36. The Bertz CT molecular complexity index is 399. The van der Waals surface area contributed by atoms with E-state index in [0.29, 0.717) is 12.6 Å². The van der Waals surface area contributed by atoms with Crippen molar-refractivity contribution in [2.24, 2.45) is 5.84 Å². The summed E-state index contributed by atoms with van der Waals surface area (Å²) in [6.07, 6.45) is 2.07. The first-order valence-electron chi connectivity index (χ1n) is 6.08. The zero-order valence-corrected chi connectivity index (χ0v) is 10.5. The molecule has 100 valence electrons. The number of hydrazine groups is 1. The molecular weight excluding hydrogens is 234 g/mol. The number of amides is 1. The first kappa shape index (κ1) is 13.1. The highest BCUT2D eigenvalue weighted by molar-refractivity contribution is 5.90. The van der Waals surface area contributed by atoms with E-state index < -0.39 is 5.91 Å². The molecule has 2 heterocycles. The minimum Gasteiger partial charge on any atom is -0.455 e. The molecular formula is C12H19N3O3. The van der Waals surface area contributed by atoms with Crippen molar-refractivity contribution in [2.75, 3.05) is 20.3 Å². The molecule has 3 N–H and O–H groups in total. The molecule has 1 aromatic rings. The van der Waals surface area contributed by atoms with Gasteiger partial charge in [0, 0.05) is 19.3 Å². The highest BCUT2D eigenvalue weighted by atomic mass is 16.5. The Hall–Kier alpha value is -1.37. The summed E-state index contributed by atoms with van der Waals surface area (Å²) in [6, 6.07) is 3.95. The number of nitrogens with one attached hydrogen (secondary N) is 1. The summed E-state index contributed by atoms with van der Waals surface area (Å²) in [4.78, 5) is 13.5. The van der Waals surface area contributed by atoms with Gasteiger partial charge in [-0.2, -0.15) is 0 Å². The maximum atomic E-state index is 11.3. The molecule has 1 fully saturated rings. The van der Waals surface area contributed by atoms with E-state index in [4.69, 9.17) is 15.0 Å². The van der Waals surface area contributed by atoms with Gasteiger partial charge in [0.15, 0.2) is 5.76 Å². The van der Waals surface area contributed by atoms with Gasteiger partial charge in [0.1, 0.15) is 5.76 Å². The minimum atomic E-state index is -0.407. The number of carbonyl (C=O) groups is 1. The topological polar surface area (TPSA) is 80.7 Å². The third kappa shape index (κ3) is 3.10. The second-order valence-corrected chi connectivity index (χ2v) is 4.50. The molecule has 0 aromatic carbocycles. The number of nitrogens with two attached hydrogens (primary N) is 1. The van der Waals surface area contributed by atoms with Gasteiger partial charge in [0.25, 0.3) is 0 Å². The van der Waals surface area contributed by atoms with E-state index in [9.17, 15) is 4.79 Å². The van der Waals surface area contributed by atoms with Gasteiger partial charge in [-0.05, 0) is 32.0 Å². The van der Waals surface area contributed by atoms with Crippen molar-refractivity contribution in [1.29, 1.82) is 0 Å². The van der Waals surface area contributed by atoms with Gasteiger partial charge in [-0.1, -0.05) is 0 Å². The second kappa shape index (κ2) is 5.99. The van der Waals surface area contributed by atoms with E-state index in [0.717, 1.165) is 31.8 Å². The van der Waals surface area contributed by atoms with Crippen LogP contribution in [0.2, 0.25) is 0 Å². The molecule has 0 aliphatic carbocycles. The summed E-state index contributed by atoms with van der Waals surface area (Å²) < 4.78 is 10.8. The molecule has 0 spiro atoms. The van der Waals surface area contributed by atoms with Gasteiger partial charge in [0.05, 0.1) is 6.54 Å². The van der Waals surface area contributed by atoms with Crippen LogP contribution in [0.1, 0.15) is 29.2 Å². The van der Waals surface area contributed by atoms with Crippen LogP contribution in [0.15, 0.2) is 16.5 Å². The van der Waals surface area contributed by atoms with Crippen molar-refractivity contribution in [1.82, 2.24) is 10.3 Å². The van der Waals surface area contributed by atoms with Gasteiger partial charge < -0.3 is 9.15 Å². The van der Waals surface area contributed by atoms with Crippen molar-refractivity contribution >= 4 is 5.91 Å². The molecule has 0 bridgehead atoms. The van der Waals surface area contributed by atoms with Crippen LogP contribution in [0.4, 0.5) is 0 Å². The molecule has 2 rings (SSSR count). The van der Waals surface area contributed by atoms with Crippen LogP contribution in [-0.4, -0.2) is 37.1 Å². The van der Waals surface area contributed by atoms with Crippen molar-refractivity contribution < 1.29 is 13.9 Å². The molecule has 6 heteroatoms. The monoisotopic (exact) mass is 253 g/mol. The van der Waals surface area contributed by atoms with E-state index in [1.54, 1.807) is 12.1 Å². The number of nitrogen functional groups attached to an aromatic ring is 1. The first-order valence-corrected chi connectivity index (χ1v) is 6.08. The Morgan fingerprint density at radius 1 is 1.50 bits per heavy atom. The van der Waals surface area contributed by atoms with E-state index in [1.807, 2.05) is 5.43 Å². The fourth-order valence-electron chi connectivity index (χ4n) is 2.16. The third-order valence-corrected chi connectivity index (χ3v) is 3.24. The summed E-state index contributed by atoms with van der Waals surface area (Å²) >= 11 is 0. The number of carbonyl (C=O) groups excluding carboxylic acids is 1. The Kier molecular flexibility index (Phi) is 4.35. The SMILES string of the molecule is CN(Cc1ccc(C(=O)NN)o1)C1CCOCC1. The van der Waals surface area contributed by atoms with Crippen LogP contribution in [-0.2, 0) is 11.3 Å². The fraction of sp³-hybridized carbons (Fsp3) is 0.583. The van der Waals surface area contributed by atoms with Crippen molar-refractivity contribution in [3.05, 3.63) is 23.7 Å². The lowest BCUT2D eigenvalue weighted by Gasteiger charge is -2.30. The number of hydrogen-bond acceptors (Lipinski definition) is 5. The van der Waals surface area contributed by atoms with E-state index in [2.05, 4.69) is 11.9 Å². The lowest BCUT2D eigenvalue weighted by atomic mass is 10.1. The van der Waals surface area contributed by atoms with Crippen molar-refractivity contribution in [2.45, 2.75) is 25.4 Å². The average Bonchev–Trinajstić information content (AvgIpc) is 2.87. The number of furan rings is 1. The van der Waals surface area contributed by atoms with Crippen molar-refractivity contribution in [3.8, 4) is 0 Å². The maximum absolute atomic E-state index is 11.3. The molecule has 18 heavy (non-hydrogen) atoms. The van der Waals surface area contributed by atoms with E-state index in [1.165, 1.54) is 0 Å². The smallest absolute Gasteiger partial charge is 0.300 e. The van der Waals surface area contributed by atoms with E-state index >= 15 is 0 Å². The summed E-state index contributed by atoms with van der Waals surface area (Å²) in [7, 11) is 2.06. The Morgan fingerprint density at radius 3 is 2.89 bits per heavy atom. The van der Waals surface area contributed by atoms with Crippen LogP contribution in [0.3, 0.4) is 0 Å². The Balaban J connectivity index is 1.92. The van der Waals surface area contributed by atoms with E-state index in [-0.39, 0.29) is 5.76 Å². The number of rotatable bonds is 4. The van der Waals surface area contributed by atoms with Crippen LogP contribution >= 0.6 is 0 Å². The average molecular weight is 253 g/mol. The standard InChI is InChI=1S/C12H19N3O3/c1-15(9-4-6-17-7-5-9)8-10-2-3-11(18-10)12(16)14-13/h2-3,9H,4-8,13H2,1H3,(H,14,16). The molecule has 6 nitrogen and oxygen atoms in total. The van der Waals surface area contributed by atoms with Crippen LogP contribution < -0.4 is 11.3 Å². The number of ether oxygens (including phenoxy) is 1. The van der Waals surface area contributed by atoms with Gasteiger partial charge >= 0.3 is 5.91 Å². The fourth-order valence-corrected chi connectivity index (χ4v) is 2.16. The van der Waals surface area contributed by atoms with Gasteiger partial charge in [0.2, 0.25) is 0 Å². The molecule has 1 saturated heterocycles. The Morgan fingerprint density at radius 2 is 2.22 bits per heavy atom.